The lowest BCUT2D eigenvalue weighted by Gasteiger charge is -2.14. The van der Waals surface area contributed by atoms with Gasteiger partial charge >= 0.3 is 0 Å². The van der Waals surface area contributed by atoms with E-state index in [1.807, 2.05) is 0 Å². The van der Waals surface area contributed by atoms with Gasteiger partial charge in [-0.15, -0.1) is 0 Å². The quantitative estimate of drug-likeness (QED) is 0.171. The van der Waals surface area contributed by atoms with Gasteiger partial charge in [0.25, 0.3) is 0 Å². The highest BCUT2D eigenvalue weighted by molar-refractivity contribution is 9.11. The van der Waals surface area contributed by atoms with Gasteiger partial charge in [-0.3, -0.25) is 0 Å². The van der Waals surface area contributed by atoms with Crippen molar-refractivity contribution in [3.05, 3.63) is 167 Å². The molecule has 2 heterocycles. The van der Waals surface area contributed by atoms with E-state index in [1.54, 1.807) is 0 Å². The molecule has 9 aromatic rings. The number of aromatic nitrogens is 2. The normalized spacial score (nSPS) is 11.7. The van der Waals surface area contributed by atoms with Gasteiger partial charge in [0, 0.05) is 41.9 Å². The molecule has 0 spiro atoms. The van der Waals surface area contributed by atoms with Gasteiger partial charge in [-0.25, -0.2) is 0 Å². The number of hydrogen-bond donors (Lipinski definition) is 0. The number of fused-ring (bicyclic) bond motifs is 6. The van der Waals surface area contributed by atoms with Crippen molar-refractivity contribution in [2.24, 2.45) is 0 Å². The second kappa shape index (κ2) is 10.9. The van der Waals surface area contributed by atoms with Crippen molar-refractivity contribution >= 4 is 75.5 Å². The maximum absolute atomic E-state index is 3.86. The lowest BCUT2D eigenvalue weighted by Crippen LogP contribution is -1.94. The third kappa shape index (κ3) is 4.28. The van der Waals surface area contributed by atoms with Crippen LogP contribution in [0.1, 0.15) is 0 Å². The summed E-state index contributed by atoms with van der Waals surface area (Å²) in [4.78, 5) is 0. The molecule has 7 aromatic carbocycles. The van der Waals surface area contributed by atoms with Gasteiger partial charge in [-0.05, 0) is 82.9 Å². The summed E-state index contributed by atoms with van der Waals surface area (Å²) in [7, 11) is 0. The monoisotopic (exact) mass is 716 g/mol. The predicted octanol–water partition coefficient (Wildman–Crippen LogP) is 12.7. The van der Waals surface area contributed by atoms with Crippen LogP contribution in [-0.2, 0) is 0 Å². The third-order valence-corrected chi connectivity index (χ3v) is 10.4. The molecule has 0 amide bonds. The predicted molar refractivity (Wildman–Crippen MR) is 201 cm³/mol. The van der Waals surface area contributed by atoms with Gasteiger partial charge in [-0.1, -0.05) is 129 Å². The van der Waals surface area contributed by atoms with Crippen LogP contribution in [-0.4, -0.2) is 9.13 Å². The number of halogens is 2. The molecule has 0 atom stereocenters. The average Bonchev–Trinajstić information content (AvgIpc) is 3.62. The Bertz CT molecular complexity index is 2300. The smallest absolute Gasteiger partial charge is 0.0541 e. The molecule has 0 aliphatic carbocycles. The molecule has 0 aliphatic rings. The minimum atomic E-state index is 1.05. The van der Waals surface area contributed by atoms with Crippen molar-refractivity contribution in [3.8, 4) is 33.6 Å². The molecule has 9 rings (SSSR count). The van der Waals surface area contributed by atoms with Gasteiger partial charge in [0.2, 0.25) is 0 Å². The van der Waals surface area contributed by atoms with Gasteiger partial charge in [0.15, 0.2) is 0 Å². The van der Waals surface area contributed by atoms with E-state index in [4.69, 9.17) is 0 Å². The van der Waals surface area contributed by atoms with Crippen molar-refractivity contribution in [3.63, 3.8) is 0 Å². The zero-order valence-corrected chi connectivity index (χ0v) is 27.8. The van der Waals surface area contributed by atoms with Crippen LogP contribution in [0.15, 0.2) is 167 Å². The summed E-state index contributed by atoms with van der Waals surface area (Å²) < 4.78 is 6.81. The first-order valence-corrected chi connectivity index (χ1v) is 16.9. The fourth-order valence-corrected chi connectivity index (χ4v) is 8.42. The molecule has 0 saturated carbocycles. The number of nitrogens with zero attached hydrogens (tertiary/aromatic N) is 2. The molecule has 0 N–H and O–H groups in total. The average molecular weight is 718 g/mol. The Morgan fingerprint density at radius 1 is 0.326 bits per heavy atom. The molecule has 4 heteroatoms. The van der Waals surface area contributed by atoms with Crippen LogP contribution in [0.2, 0.25) is 0 Å². The number of para-hydroxylation sites is 4. The van der Waals surface area contributed by atoms with Crippen molar-refractivity contribution in [2.45, 2.75) is 0 Å². The molecule has 0 aliphatic heterocycles. The van der Waals surface area contributed by atoms with Crippen LogP contribution in [0.3, 0.4) is 0 Å². The van der Waals surface area contributed by atoms with Crippen molar-refractivity contribution in [1.82, 2.24) is 9.13 Å². The molecule has 0 fully saturated rings. The van der Waals surface area contributed by atoms with E-state index >= 15 is 0 Å². The first-order chi connectivity index (χ1) is 22.7. The zero-order chi connectivity index (χ0) is 30.8. The summed E-state index contributed by atoms with van der Waals surface area (Å²) in [6, 6.07) is 56.8. The molecule has 2 aromatic heterocycles. The Balaban J connectivity index is 1.10. The highest BCUT2D eigenvalue weighted by Gasteiger charge is 2.15. The summed E-state index contributed by atoms with van der Waals surface area (Å²) in [5.74, 6) is 0. The largest absolute Gasteiger partial charge is 0.309 e. The van der Waals surface area contributed by atoms with E-state index in [0.29, 0.717) is 0 Å². The fraction of sp³-hybridized carbons (Fsp3) is 0. The van der Waals surface area contributed by atoms with Gasteiger partial charge < -0.3 is 9.13 Å². The zero-order valence-electron chi connectivity index (χ0n) is 24.7. The lowest BCUT2D eigenvalue weighted by molar-refractivity contribution is 1.18. The minimum absolute atomic E-state index is 1.05. The number of hydrogen-bond acceptors (Lipinski definition) is 0. The van der Waals surface area contributed by atoms with Crippen LogP contribution in [0.25, 0.3) is 77.2 Å². The lowest BCUT2D eigenvalue weighted by atomic mass is 9.98. The minimum Gasteiger partial charge on any atom is -0.309 e. The van der Waals surface area contributed by atoms with E-state index in [9.17, 15) is 0 Å². The second-order valence-electron chi connectivity index (χ2n) is 11.6. The van der Waals surface area contributed by atoms with E-state index in [1.165, 1.54) is 43.6 Å². The Morgan fingerprint density at radius 2 is 0.630 bits per heavy atom. The molecular formula is C42H26Br2N2. The van der Waals surface area contributed by atoms with Crippen LogP contribution in [0.5, 0.6) is 0 Å². The molecule has 0 saturated heterocycles. The summed E-state index contributed by atoms with van der Waals surface area (Å²) in [6.45, 7) is 0. The highest BCUT2D eigenvalue weighted by atomic mass is 79.9. The van der Waals surface area contributed by atoms with Crippen LogP contribution >= 0.6 is 31.9 Å². The van der Waals surface area contributed by atoms with E-state index < -0.39 is 0 Å². The summed E-state index contributed by atoms with van der Waals surface area (Å²) in [5, 5.41) is 5.08. The highest BCUT2D eigenvalue weighted by Crippen LogP contribution is 2.40. The second-order valence-corrected chi connectivity index (χ2v) is 13.4. The third-order valence-electron chi connectivity index (χ3n) is 9.09. The molecule has 0 radical (unpaired) electrons. The first-order valence-electron chi connectivity index (χ1n) is 15.3. The van der Waals surface area contributed by atoms with E-state index in [0.717, 1.165) is 42.6 Å². The van der Waals surface area contributed by atoms with Crippen molar-refractivity contribution < 1.29 is 0 Å². The van der Waals surface area contributed by atoms with Crippen molar-refractivity contribution in [2.75, 3.05) is 0 Å². The van der Waals surface area contributed by atoms with Crippen LogP contribution in [0.4, 0.5) is 0 Å². The van der Waals surface area contributed by atoms with Crippen molar-refractivity contribution in [1.29, 1.82) is 0 Å². The summed E-state index contributed by atoms with van der Waals surface area (Å²) in [5.41, 5.74) is 11.8. The molecule has 2 nitrogen and oxygen atoms in total. The molecule has 46 heavy (non-hydrogen) atoms. The number of rotatable bonds is 4. The summed E-state index contributed by atoms with van der Waals surface area (Å²) in [6.07, 6.45) is 0. The van der Waals surface area contributed by atoms with Crippen LogP contribution < -0.4 is 0 Å². The molecule has 218 valence electrons. The molecular weight excluding hydrogens is 692 g/mol. The Kier molecular flexibility index (Phi) is 6.48. The Labute approximate surface area is 283 Å². The number of benzene rings is 7. The topological polar surface area (TPSA) is 9.86 Å². The first kappa shape index (κ1) is 27.4. The van der Waals surface area contributed by atoms with Gasteiger partial charge in [-0.2, -0.15) is 0 Å². The van der Waals surface area contributed by atoms with Gasteiger partial charge in [0.05, 0.1) is 22.1 Å². The molecule has 0 bridgehead atoms. The van der Waals surface area contributed by atoms with Gasteiger partial charge in [0.1, 0.15) is 0 Å². The summed E-state index contributed by atoms with van der Waals surface area (Å²) >= 11 is 7.72. The Hall–Kier alpha value is -4.90. The SMILES string of the molecule is Brc1cc(Br)c(-c2ccc(-n3c4ccccc4c4ccccc43)cc2)cc1-c1ccc(-n2c3ccccc3c3ccccc32)cc1. The van der Waals surface area contributed by atoms with E-state index in [2.05, 4.69) is 199 Å². The standard InChI is InChI=1S/C42H26Br2N2/c43-37-26-38(44)36(28-19-23-30(24-20-28)46-41-15-7-3-11-33(41)34-12-4-8-16-42(34)46)25-35(37)27-17-21-29(22-18-27)45-39-13-5-1-9-31(39)32-10-2-6-14-40(32)45/h1-26H. The van der Waals surface area contributed by atoms with E-state index in [-0.39, 0.29) is 0 Å². The maximum Gasteiger partial charge on any atom is 0.0541 e. The molecule has 0 unspecified atom stereocenters. The fourth-order valence-electron chi connectivity index (χ4n) is 6.97. The maximum atomic E-state index is 3.86. The Morgan fingerprint density at radius 3 is 0.957 bits per heavy atom. The van der Waals surface area contributed by atoms with Crippen LogP contribution in [0, 0.1) is 0 Å².